The maximum atomic E-state index is 13.7. The Morgan fingerprint density at radius 1 is 1.07 bits per heavy atom. The third kappa shape index (κ3) is 0.967. The van der Waals surface area contributed by atoms with Gasteiger partial charge in [-0.2, -0.15) is 0 Å². The van der Waals surface area contributed by atoms with Gasteiger partial charge < -0.3 is 5.11 Å². The number of aliphatic hydroxyl groups is 1. The smallest absolute Gasteiger partial charge is 0.253 e. The van der Waals surface area contributed by atoms with Gasteiger partial charge in [-0.15, -0.1) is 0 Å². The molecule has 0 aromatic heterocycles. The molecule has 4 rings (SSSR count). The summed E-state index contributed by atoms with van der Waals surface area (Å²) in [5, 5.41) is 9.36. The SMILES string of the molecule is OCC12CC3C[C@@H](C1)C(F)(F)[C@@H](C3)C2. The molecule has 4 fully saturated rings. The fourth-order valence-corrected chi connectivity index (χ4v) is 4.26. The molecular formula is C11H16F2O. The van der Waals surface area contributed by atoms with Gasteiger partial charge in [0.15, 0.2) is 0 Å². The van der Waals surface area contributed by atoms with E-state index in [0.29, 0.717) is 31.6 Å². The molecule has 0 spiro atoms. The number of hydrogen-bond donors (Lipinski definition) is 1. The highest BCUT2D eigenvalue weighted by Crippen LogP contribution is 2.64. The molecule has 4 bridgehead atoms. The van der Waals surface area contributed by atoms with Crippen LogP contribution in [0, 0.1) is 23.2 Å². The molecule has 0 aromatic rings. The van der Waals surface area contributed by atoms with Gasteiger partial charge in [-0.25, -0.2) is 8.78 Å². The molecule has 1 N–H and O–H groups in total. The molecule has 0 radical (unpaired) electrons. The van der Waals surface area contributed by atoms with Crippen LogP contribution >= 0.6 is 0 Å². The van der Waals surface area contributed by atoms with E-state index in [9.17, 15) is 13.9 Å². The molecule has 4 aliphatic rings. The lowest BCUT2D eigenvalue weighted by molar-refractivity contribution is -0.232. The van der Waals surface area contributed by atoms with E-state index in [1.54, 1.807) is 0 Å². The number of halogens is 2. The second kappa shape index (κ2) is 2.49. The molecular weight excluding hydrogens is 186 g/mol. The van der Waals surface area contributed by atoms with Crippen molar-refractivity contribution in [2.24, 2.45) is 23.2 Å². The first-order valence-electron chi connectivity index (χ1n) is 5.54. The average Bonchev–Trinajstić information content (AvgIpc) is 2.14. The van der Waals surface area contributed by atoms with Gasteiger partial charge in [-0.1, -0.05) is 0 Å². The molecule has 80 valence electrons. The van der Waals surface area contributed by atoms with E-state index in [1.165, 1.54) is 0 Å². The number of aliphatic hydroxyl groups excluding tert-OH is 1. The van der Waals surface area contributed by atoms with E-state index in [4.69, 9.17) is 0 Å². The van der Waals surface area contributed by atoms with Crippen molar-refractivity contribution in [1.82, 2.24) is 0 Å². The summed E-state index contributed by atoms with van der Waals surface area (Å²) >= 11 is 0. The average molecular weight is 202 g/mol. The summed E-state index contributed by atoms with van der Waals surface area (Å²) in [5.41, 5.74) is -0.127. The lowest BCUT2D eigenvalue weighted by Crippen LogP contribution is -2.58. The maximum Gasteiger partial charge on any atom is 0.253 e. The van der Waals surface area contributed by atoms with Crippen LogP contribution in [0.4, 0.5) is 8.78 Å². The largest absolute Gasteiger partial charge is 0.396 e. The Kier molecular flexibility index (Phi) is 1.61. The molecule has 0 heterocycles. The molecule has 0 unspecified atom stereocenters. The van der Waals surface area contributed by atoms with Crippen molar-refractivity contribution in [3.05, 3.63) is 0 Å². The third-order valence-electron chi connectivity index (χ3n) is 4.74. The Balaban J connectivity index is 1.96. The normalized spacial score (nSPS) is 53.8. The van der Waals surface area contributed by atoms with Crippen LogP contribution in [0.2, 0.25) is 0 Å². The molecule has 4 saturated carbocycles. The van der Waals surface area contributed by atoms with Crippen molar-refractivity contribution in [3.63, 3.8) is 0 Å². The minimum Gasteiger partial charge on any atom is -0.396 e. The van der Waals surface area contributed by atoms with E-state index in [2.05, 4.69) is 0 Å². The highest BCUT2D eigenvalue weighted by atomic mass is 19.3. The van der Waals surface area contributed by atoms with Crippen LogP contribution in [0.3, 0.4) is 0 Å². The van der Waals surface area contributed by atoms with Crippen LogP contribution in [0.15, 0.2) is 0 Å². The molecule has 0 amide bonds. The Bertz CT molecular complexity index is 246. The van der Waals surface area contributed by atoms with Crippen LogP contribution < -0.4 is 0 Å². The first kappa shape index (κ1) is 9.08. The van der Waals surface area contributed by atoms with E-state index >= 15 is 0 Å². The molecule has 0 saturated heterocycles. The Hall–Kier alpha value is -0.180. The number of hydrogen-bond acceptors (Lipinski definition) is 1. The quantitative estimate of drug-likeness (QED) is 0.692. The van der Waals surface area contributed by atoms with Crippen LogP contribution in [0.25, 0.3) is 0 Å². The van der Waals surface area contributed by atoms with Gasteiger partial charge in [0.1, 0.15) is 0 Å². The lowest BCUT2D eigenvalue weighted by atomic mass is 9.48. The second-order valence-corrected chi connectivity index (χ2v) is 5.68. The van der Waals surface area contributed by atoms with Gasteiger partial charge in [0, 0.05) is 18.4 Å². The van der Waals surface area contributed by atoms with Crippen molar-refractivity contribution < 1.29 is 13.9 Å². The lowest BCUT2D eigenvalue weighted by Gasteiger charge is -2.59. The van der Waals surface area contributed by atoms with E-state index < -0.39 is 17.8 Å². The van der Waals surface area contributed by atoms with Gasteiger partial charge in [-0.3, -0.25) is 0 Å². The summed E-state index contributed by atoms with van der Waals surface area (Å²) in [6.45, 7) is 0.118. The number of rotatable bonds is 1. The topological polar surface area (TPSA) is 20.2 Å². The molecule has 2 atom stereocenters. The number of alkyl halides is 2. The fraction of sp³-hybridized carbons (Fsp3) is 1.00. The molecule has 0 aliphatic heterocycles. The van der Waals surface area contributed by atoms with E-state index in [1.807, 2.05) is 0 Å². The highest BCUT2D eigenvalue weighted by Gasteiger charge is 2.63. The van der Waals surface area contributed by atoms with E-state index in [0.717, 1.165) is 6.42 Å². The van der Waals surface area contributed by atoms with Gasteiger partial charge in [0.05, 0.1) is 0 Å². The summed E-state index contributed by atoms with van der Waals surface area (Å²) in [6.07, 6.45) is 3.51. The maximum absolute atomic E-state index is 13.7. The summed E-state index contributed by atoms with van der Waals surface area (Å²) in [7, 11) is 0. The predicted molar refractivity (Wildman–Crippen MR) is 48.0 cm³/mol. The summed E-state index contributed by atoms with van der Waals surface area (Å²) in [6, 6.07) is 0. The standard InChI is InChI=1S/C11H16F2O/c12-11(13)8-1-7-2-9(11)5-10(3-7,4-8)6-14/h7-9,14H,1-6H2/t7?,8-,9-,10?/m0/s1. The third-order valence-corrected chi connectivity index (χ3v) is 4.74. The first-order valence-corrected chi connectivity index (χ1v) is 5.54. The van der Waals surface area contributed by atoms with Gasteiger partial charge in [0.2, 0.25) is 0 Å². The van der Waals surface area contributed by atoms with Gasteiger partial charge in [0.25, 0.3) is 5.92 Å². The van der Waals surface area contributed by atoms with Gasteiger partial charge in [-0.05, 0) is 43.4 Å². The zero-order chi connectivity index (χ0) is 9.97. The van der Waals surface area contributed by atoms with Crippen molar-refractivity contribution in [2.45, 2.75) is 38.0 Å². The van der Waals surface area contributed by atoms with Crippen LogP contribution in [-0.4, -0.2) is 17.6 Å². The Morgan fingerprint density at radius 3 is 2.14 bits per heavy atom. The summed E-state index contributed by atoms with van der Waals surface area (Å²) in [5.74, 6) is -2.82. The minimum absolute atomic E-state index is 0.118. The van der Waals surface area contributed by atoms with Crippen molar-refractivity contribution in [2.75, 3.05) is 6.61 Å². The molecule has 0 aromatic carbocycles. The van der Waals surface area contributed by atoms with Crippen LogP contribution in [0.1, 0.15) is 32.1 Å². The van der Waals surface area contributed by atoms with Crippen LogP contribution in [0.5, 0.6) is 0 Å². The molecule has 4 aliphatic carbocycles. The first-order chi connectivity index (χ1) is 6.56. The van der Waals surface area contributed by atoms with E-state index in [-0.39, 0.29) is 12.0 Å². The molecule has 3 heteroatoms. The zero-order valence-electron chi connectivity index (χ0n) is 8.18. The molecule has 14 heavy (non-hydrogen) atoms. The van der Waals surface area contributed by atoms with Gasteiger partial charge >= 0.3 is 0 Å². The Labute approximate surface area is 82.5 Å². The highest BCUT2D eigenvalue weighted by molar-refractivity contribution is 5.08. The monoisotopic (exact) mass is 202 g/mol. The van der Waals surface area contributed by atoms with Crippen molar-refractivity contribution in [3.8, 4) is 0 Å². The van der Waals surface area contributed by atoms with Crippen molar-refractivity contribution >= 4 is 0 Å². The zero-order valence-corrected chi connectivity index (χ0v) is 8.18. The molecule has 1 nitrogen and oxygen atoms in total. The fourth-order valence-electron chi connectivity index (χ4n) is 4.26. The second-order valence-electron chi connectivity index (χ2n) is 5.68. The minimum atomic E-state index is -2.43. The summed E-state index contributed by atoms with van der Waals surface area (Å²) in [4.78, 5) is 0. The van der Waals surface area contributed by atoms with Crippen molar-refractivity contribution in [1.29, 1.82) is 0 Å². The Morgan fingerprint density at radius 2 is 1.64 bits per heavy atom. The predicted octanol–water partition coefficient (Wildman–Crippen LogP) is 2.44. The summed E-state index contributed by atoms with van der Waals surface area (Å²) < 4.78 is 27.5. The van der Waals surface area contributed by atoms with Crippen LogP contribution in [-0.2, 0) is 0 Å².